The monoisotopic (exact) mass is 461 g/mol. The molecule has 1 N–H and O–H groups in total. The number of pyridine rings is 1. The predicted octanol–water partition coefficient (Wildman–Crippen LogP) is 2.13. The molecule has 4 heterocycles. The Kier molecular flexibility index (Phi) is 6.02. The smallest absolute Gasteiger partial charge is 0.253 e. The maximum absolute atomic E-state index is 13.1. The van der Waals surface area contributed by atoms with E-state index in [1.807, 2.05) is 39.9 Å². The molecule has 2 aliphatic heterocycles. The summed E-state index contributed by atoms with van der Waals surface area (Å²) < 4.78 is 13.7. The lowest BCUT2D eigenvalue weighted by Gasteiger charge is -2.45. The number of carbonyl (C=O) groups excluding carboxylic acids is 2. The van der Waals surface area contributed by atoms with Crippen molar-refractivity contribution < 1.29 is 19.1 Å². The number of nitrogens with one attached hydrogen (secondary N) is 1. The van der Waals surface area contributed by atoms with Crippen LogP contribution in [-0.2, 0) is 28.2 Å². The molecule has 1 spiro atoms. The Hall–Kier alpha value is -3.72. The fourth-order valence-corrected chi connectivity index (χ4v) is 4.71. The lowest BCUT2D eigenvalue weighted by Crippen LogP contribution is -2.54. The molecular weight excluding hydrogens is 434 g/mol. The van der Waals surface area contributed by atoms with Crippen LogP contribution in [-0.4, -0.2) is 57.6 Å². The number of piperidine rings is 1. The summed E-state index contributed by atoms with van der Waals surface area (Å²) >= 11 is 0. The van der Waals surface area contributed by atoms with E-state index in [1.165, 1.54) is 0 Å². The van der Waals surface area contributed by atoms with E-state index in [-0.39, 0.29) is 11.8 Å². The molecule has 0 radical (unpaired) electrons. The second-order valence-corrected chi connectivity index (χ2v) is 8.60. The normalized spacial score (nSPS) is 18.9. The van der Waals surface area contributed by atoms with Gasteiger partial charge in [0.2, 0.25) is 0 Å². The highest BCUT2D eigenvalue weighted by Crippen LogP contribution is 2.40. The Bertz CT molecular complexity index is 1170. The molecule has 9 nitrogen and oxygen atoms in total. The van der Waals surface area contributed by atoms with Crippen LogP contribution in [0.1, 0.15) is 34.6 Å². The van der Waals surface area contributed by atoms with Crippen LogP contribution in [0.5, 0.6) is 5.75 Å². The number of carbonyl (C=O) groups is 2. The molecule has 34 heavy (non-hydrogen) atoms. The van der Waals surface area contributed by atoms with Crippen LogP contribution in [0.15, 0.2) is 61.2 Å². The minimum atomic E-state index is -0.700. The third-order valence-corrected chi connectivity index (χ3v) is 6.53. The Morgan fingerprint density at radius 3 is 2.74 bits per heavy atom. The number of amides is 2. The first-order valence-corrected chi connectivity index (χ1v) is 11.4. The first-order chi connectivity index (χ1) is 16.6. The van der Waals surface area contributed by atoms with Crippen LogP contribution >= 0.6 is 0 Å². The van der Waals surface area contributed by atoms with Gasteiger partial charge < -0.3 is 24.3 Å². The van der Waals surface area contributed by atoms with Crippen molar-refractivity contribution in [1.29, 1.82) is 0 Å². The summed E-state index contributed by atoms with van der Waals surface area (Å²) in [4.78, 5) is 36.3. The molecule has 9 heteroatoms. The second kappa shape index (κ2) is 9.26. The molecule has 0 aliphatic carbocycles. The molecule has 3 aromatic rings. The highest BCUT2D eigenvalue weighted by atomic mass is 16.5. The Morgan fingerprint density at radius 1 is 1.18 bits per heavy atom. The van der Waals surface area contributed by atoms with Crippen molar-refractivity contribution in [3.63, 3.8) is 0 Å². The zero-order chi connectivity index (χ0) is 23.5. The number of imidazole rings is 1. The van der Waals surface area contributed by atoms with Gasteiger partial charge in [-0.25, -0.2) is 4.98 Å². The van der Waals surface area contributed by atoms with Gasteiger partial charge >= 0.3 is 0 Å². The number of nitrogens with zero attached hydrogens (tertiary/aromatic N) is 4. The Balaban J connectivity index is 1.27. The van der Waals surface area contributed by atoms with Crippen LogP contribution in [0.4, 0.5) is 0 Å². The molecule has 5 rings (SSSR count). The molecule has 0 saturated carbocycles. The SMILES string of the molecule is COc1cccc(CNC(=O)[C@H]2Cn3ccnc3C3(CCN(C(=O)c4ccncc4)CC3)O2)c1. The van der Waals surface area contributed by atoms with Gasteiger partial charge in [0, 0.05) is 62.8 Å². The Labute approximate surface area is 197 Å². The molecule has 1 fully saturated rings. The predicted molar refractivity (Wildman–Crippen MR) is 123 cm³/mol. The van der Waals surface area contributed by atoms with Crippen molar-refractivity contribution in [1.82, 2.24) is 24.8 Å². The highest BCUT2D eigenvalue weighted by Gasteiger charge is 2.47. The van der Waals surface area contributed by atoms with Crippen LogP contribution in [0.25, 0.3) is 0 Å². The van der Waals surface area contributed by atoms with E-state index in [1.54, 1.807) is 37.8 Å². The fraction of sp³-hybridized carbons (Fsp3) is 0.360. The van der Waals surface area contributed by atoms with Gasteiger partial charge in [0.25, 0.3) is 11.8 Å². The number of aromatic nitrogens is 3. The van der Waals surface area contributed by atoms with Crippen LogP contribution in [0.3, 0.4) is 0 Å². The van der Waals surface area contributed by atoms with Gasteiger partial charge in [0.1, 0.15) is 17.2 Å². The number of rotatable bonds is 5. The minimum absolute atomic E-state index is 0.0241. The Morgan fingerprint density at radius 2 is 1.97 bits per heavy atom. The minimum Gasteiger partial charge on any atom is -0.497 e. The molecule has 0 unspecified atom stereocenters. The molecule has 1 atom stereocenters. The maximum Gasteiger partial charge on any atom is 0.253 e. The summed E-state index contributed by atoms with van der Waals surface area (Å²) in [6.07, 6.45) is 7.36. The quantitative estimate of drug-likeness (QED) is 0.625. The summed E-state index contributed by atoms with van der Waals surface area (Å²) in [7, 11) is 1.62. The lowest BCUT2D eigenvalue weighted by atomic mass is 9.88. The van der Waals surface area contributed by atoms with E-state index in [4.69, 9.17) is 9.47 Å². The van der Waals surface area contributed by atoms with Crippen molar-refractivity contribution in [2.45, 2.75) is 37.6 Å². The van der Waals surface area contributed by atoms with Crippen LogP contribution in [0.2, 0.25) is 0 Å². The number of hydrogen-bond donors (Lipinski definition) is 1. The van der Waals surface area contributed by atoms with Crippen molar-refractivity contribution in [3.05, 3.63) is 78.1 Å². The van der Waals surface area contributed by atoms with E-state index >= 15 is 0 Å². The average Bonchev–Trinajstić information content (AvgIpc) is 3.38. The number of hydrogen-bond acceptors (Lipinski definition) is 6. The largest absolute Gasteiger partial charge is 0.497 e. The molecule has 1 aromatic carbocycles. The van der Waals surface area contributed by atoms with Gasteiger partial charge in [-0.1, -0.05) is 12.1 Å². The fourth-order valence-electron chi connectivity index (χ4n) is 4.71. The van der Waals surface area contributed by atoms with E-state index < -0.39 is 11.7 Å². The summed E-state index contributed by atoms with van der Waals surface area (Å²) in [5.74, 6) is 1.37. The molecular formula is C25H27N5O4. The van der Waals surface area contributed by atoms with Crippen molar-refractivity contribution in [2.75, 3.05) is 20.2 Å². The van der Waals surface area contributed by atoms with Gasteiger partial charge in [0.15, 0.2) is 6.10 Å². The molecule has 2 amide bonds. The number of likely N-dealkylation sites (tertiary alicyclic amines) is 1. The number of methoxy groups -OCH3 is 1. The van der Waals surface area contributed by atoms with Crippen molar-refractivity contribution in [2.24, 2.45) is 0 Å². The van der Waals surface area contributed by atoms with Gasteiger partial charge in [-0.3, -0.25) is 14.6 Å². The molecule has 1 saturated heterocycles. The van der Waals surface area contributed by atoms with Gasteiger partial charge in [0.05, 0.1) is 13.7 Å². The molecule has 2 aliphatic rings. The van der Waals surface area contributed by atoms with E-state index in [2.05, 4.69) is 15.3 Å². The summed E-state index contributed by atoms with van der Waals surface area (Å²) in [6, 6.07) is 11.0. The zero-order valence-electron chi connectivity index (χ0n) is 19.0. The summed E-state index contributed by atoms with van der Waals surface area (Å²) in [5, 5.41) is 2.99. The zero-order valence-corrected chi connectivity index (χ0v) is 19.0. The molecule has 0 bridgehead atoms. The van der Waals surface area contributed by atoms with Crippen LogP contribution < -0.4 is 10.1 Å². The maximum atomic E-state index is 13.1. The third-order valence-electron chi connectivity index (χ3n) is 6.53. The number of fused-ring (bicyclic) bond motifs is 2. The summed E-state index contributed by atoms with van der Waals surface area (Å²) in [6.45, 7) is 1.83. The second-order valence-electron chi connectivity index (χ2n) is 8.60. The van der Waals surface area contributed by atoms with Crippen molar-refractivity contribution >= 4 is 11.8 Å². The van der Waals surface area contributed by atoms with Gasteiger partial charge in [-0.2, -0.15) is 0 Å². The van der Waals surface area contributed by atoms with Crippen LogP contribution in [0, 0.1) is 0 Å². The summed E-state index contributed by atoms with van der Waals surface area (Å²) in [5.41, 5.74) is 0.866. The lowest BCUT2D eigenvalue weighted by molar-refractivity contribution is -0.172. The first kappa shape index (κ1) is 22.1. The van der Waals surface area contributed by atoms with E-state index in [0.29, 0.717) is 44.6 Å². The van der Waals surface area contributed by atoms with E-state index in [0.717, 1.165) is 17.1 Å². The average molecular weight is 462 g/mol. The highest BCUT2D eigenvalue weighted by molar-refractivity contribution is 5.94. The standard InChI is InChI=1S/C25H27N5O4/c1-33-20-4-2-3-18(15-20)16-28-22(31)21-17-30-14-11-27-24(30)25(34-21)7-12-29(13-8-25)23(32)19-5-9-26-10-6-19/h2-6,9-11,14-15,21H,7-8,12-13,16-17H2,1H3,(H,28,31)/t21-/m1/s1. The third kappa shape index (κ3) is 4.26. The van der Waals surface area contributed by atoms with Gasteiger partial charge in [-0.05, 0) is 29.8 Å². The van der Waals surface area contributed by atoms with Gasteiger partial charge in [-0.15, -0.1) is 0 Å². The van der Waals surface area contributed by atoms with Crippen molar-refractivity contribution in [3.8, 4) is 5.75 Å². The van der Waals surface area contributed by atoms with E-state index in [9.17, 15) is 9.59 Å². The number of ether oxygens (including phenoxy) is 2. The molecule has 2 aromatic heterocycles. The number of benzene rings is 1. The topological polar surface area (TPSA) is 98.6 Å². The molecule has 176 valence electrons. The first-order valence-electron chi connectivity index (χ1n) is 11.4.